The van der Waals surface area contributed by atoms with Gasteiger partial charge >= 0.3 is 0 Å². The lowest BCUT2D eigenvalue weighted by atomic mass is 9.99. The van der Waals surface area contributed by atoms with Crippen molar-refractivity contribution in [1.82, 2.24) is 9.80 Å². The van der Waals surface area contributed by atoms with Gasteiger partial charge in [-0.1, -0.05) is 0 Å². The van der Waals surface area contributed by atoms with Crippen LogP contribution in [-0.2, 0) is 14.2 Å². The van der Waals surface area contributed by atoms with E-state index in [1.54, 1.807) is 7.11 Å². The summed E-state index contributed by atoms with van der Waals surface area (Å²) in [6.45, 7) is 17.1. The van der Waals surface area contributed by atoms with Gasteiger partial charge in [0.15, 0.2) is 0 Å². The van der Waals surface area contributed by atoms with E-state index in [9.17, 15) is 0 Å². The van der Waals surface area contributed by atoms with Gasteiger partial charge in [0.2, 0.25) is 0 Å². The van der Waals surface area contributed by atoms with Gasteiger partial charge in [0.1, 0.15) is 0 Å². The van der Waals surface area contributed by atoms with Crippen molar-refractivity contribution in [3.8, 4) is 0 Å². The van der Waals surface area contributed by atoms with Gasteiger partial charge in [0.05, 0.1) is 32.0 Å². The largest absolute Gasteiger partial charge is 0.383 e. The van der Waals surface area contributed by atoms with Crippen LogP contribution in [0.25, 0.3) is 0 Å². The molecule has 0 N–H and O–H groups in total. The van der Waals surface area contributed by atoms with Crippen molar-refractivity contribution in [3.63, 3.8) is 0 Å². The minimum atomic E-state index is 0.313. The molecule has 0 aromatic carbocycles. The lowest BCUT2D eigenvalue weighted by Gasteiger charge is -2.28. The number of hydrogen-bond acceptors (Lipinski definition) is 5. The molecule has 0 aromatic heterocycles. The summed E-state index contributed by atoms with van der Waals surface area (Å²) >= 11 is 0. The SMILES string of the molecule is COCCN1CCCC1COC(C)CC1CC(COC(C)C)N(C(C)C)C1. The zero-order valence-corrected chi connectivity index (χ0v) is 18.7. The molecule has 5 heteroatoms. The van der Waals surface area contributed by atoms with Gasteiger partial charge in [0.25, 0.3) is 0 Å². The zero-order chi connectivity index (χ0) is 19.8. The van der Waals surface area contributed by atoms with Crippen molar-refractivity contribution in [1.29, 1.82) is 0 Å². The van der Waals surface area contributed by atoms with Crippen LogP contribution in [0.15, 0.2) is 0 Å². The predicted octanol–water partition coefficient (Wildman–Crippen LogP) is 3.42. The fraction of sp³-hybridized carbons (Fsp3) is 1.00. The van der Waals surface area contributed by atoms with Gasteiger partial charge < -0.3 is 14.2 Å². The summed E-state index contributed by atoms with van der Waals surface area (Å²) in [6.07, 6.45) is 5.59. The highest BCUT2D eigenvalue weighted by molar-refractivity contribution is 4.88. The van der Waals surface area contributed by atoms with Crippen molar-refractivity contribution in [2.75, 3.05) is 46.6 Å². The highest BCUT2D eigenvalue weighted by Crippen LogP contribution is 2.30. The molecule has 0 spiro atoms. The number of nitrogens with zero attached hydrogens (tertiary/aromatic N) is 2. The summed E-state index contributed by atoms with van der Waals surface area (Å²) in [4.78, 5) is 5.16. The second kappa shape index (κ2) is 11.7. The van der Waals surface area contributed by atoms with E-state index < -0.39 is 0 Å². The third-order valence-corrected chi connectivity index (χ3v) is 6.15. The molecule has 0 aliphatic carbocycles. The van der Waals surface area contributed by atoms with Crippen molar-refractivity contribution in [3.05, 3.63) is 0 Å². The number of methoxy groups -OCH3 is 1. The molecular formula is C22H44N2O3. The number of ether oxygens (including phenoxy) is 3. The number of likely N-dealkylation sites (tertiary alicyclic amines) is 2. The third-order valence-electron chi connectivity index (χ3n) is 6.15. The molecule has 27 heavy (non-hydrogen) atoms. The summed E-state index contributed by atoms with van der Waals surface area (Å²) in [7, 11) is 1.78. The van der Waals surface area contributed by atoms with Gasteiger partial charge in [-0.05, 0) is 72.8 Å². The predicted molar refractivity (Wildman–Crippen MR) is 111 cm³/mol. The van der Waals surface area contributed by atoms with E-state index in [4.69, 9.17) is 14.2 Å². The number of hydrogen-bond donors (Lipinski definition) is 0. The Morgan fingerprint density at radius 3 is 2.41 bits per heavy atom. The Morgan fingerprint density at radius 1 is 1.00 bits per heavy atom. The quantitative estimate of drug-likeness (QED) is 0.515. The van der Waals surface area contributed by atoms with E-state index in [0.29, 0.717) is 30.3 Å². The first kappa shape index (κ1) is 23.1. The normalized spacial score (nSPS) is 28.7. The smallest absolute Gasteiger partial charge is 0.0625 e. The molecule has 4 unspecified atom stereocenters. The van der Waals surface area contributed by atoms with Gasteiger partial charge in [-0.25, -0.2) is 0 Å². The van der Waals surface area contributed by atoms with E-state index in [1.807, 2.05) is 0 Å². The summed E-state index contributed by atoms with van der Waals surface area (Å²) < 4.78 is 17.5. The maximum Gasteiger partial charge on any atom is 0.0625 e. The lowest BCUT2D eigenvalue weighted by Crippen LogP contribution is -2.39. The highest BCUT2D eigenvalue weighted by Gasteiger charge is 2.34. The van der Waals surface area contributed by atoms with Crippen molar-refractivity contribution in [2.45, 2.75) is 90.6 Å². The molecule has 2 aliphatic rings. The zero-order valence-electron chi connectivity index (χ0n) is 18.7. The molecule has 4 atom stereocenters. The molecule has 2 rings (SSSR count). The maximum atomic E-state index is 6.29. The summed E-state index contributed by atoms with van der Waals surface area (Å²) in [5, 5.41) is 0. The first-order valence-corrected chi connectivity index (χ1v) is 11.1. The summed E-state index contributed by atoms with van der Waals surface area (Å²) in [6, 6.07) is 1.72. The lowest BCUT2D eigenvalue weighted by molar-refractivity contribution is 0.0118. The fourth-order valence-electron chi connectivity index (χ4n) is 4.71. The Labute approximate surface area is 167 Å². The van der Waals surface area contributed by atoms with Crippen LogP contribution in [0.2, 0.25) is 0 Å². The van der Waals surface area contributed by atoms with E-state index in [0.717, 1.165) is 38.7 Å². The van der Waals surface area contributed by atoms with Gasteiger partial charge in [-0.2, -0.15) is 0 Å². The molecular weight excluding hydrogens is 340 g/mol. The van der Waals surface area contributed by atoms with Crippen molar-refractivity contribution >= 4 is 0 Å². The first-order valence-electron chi connectivity index (χ1n) is 11.1. The van der Waals surface area contributed by atoms with E-state index in [1.165, 1.54) is 32.4 Å². The molecule has 0 amide bonds. The Bertz CT molecular complexity index is 405. The van der Waals surface area contributed by atoms with Crippen molar-refractivity contribution in [2.24, 2.45) is 5.92 Å². The van der Waals surface area contributed by atoms with Gasteiger partial charge in [-0.3, -0.25) is 9.80 Å². The molecule has 2 heterocycles. The molecule has 160 valence electrons. The average molecular weight is 385 g/mol. The van der Waals surface area contributed by atoms with Crippen LogP contribution < -0.4 is 0 Å². The second-order valence-electron chi connectivity index (χ2n) is 9.13. The summed E-state index contributed by atoms with van der Waals surface area (Å²) in [5.74, 6) is 0.719. The van der Waals surface area contributed by atoms with Crippen LogP contribution in [0.3, 0.4) is 0 Å². The standard InChI is InChI=1S/C22H44N2O3/c1-17(2)24-14-20(13-22(24)16-26-18(3)4)12-19(5)27-15-21-8-7-9-23(21)10-11-25-6/h17-22H,7-16H2,1-6H3. The van der Waals surface area contributed by atoms with Crippen LogP contribution in [0, 0.1) is 5.92 Å². The second-order valence-corrected chi connectivity index (χ2v) is 9.13. The topological polar surface area (TPSA) is 34.2 Å². The number of rotatable bonds is 12. The van der Waals surface area contributed by atoms with Crippen molar-refractivity contribution < 1.29 is 14.2 Å². The molecule has 0 bridgehead atoms. The third kappa shape index (κ3) is 7.62. The Balaban J connectivity index is 1.73. The Hall–Kier alpha value is -0.200. The van der Waals surface area contributed by atoms with Crippen LogP contribution in [0.1, 0.15) is 60.3 Å². The van der Waals surface area contributed by atoms with E-state index in [2.05, 4.69) is 44.4 Å². The molecule has 5 nitrogen and oxygen atoms in total. The van der Waals surface area contributed by atoms with Crippen LogP contribution in [-0.4, -0.2) is 86.7 Å². The Morgan fingerprint density at radius 2 is 1.74 bits per heavy atom. The molecule has 0 radical (unpaired) electrons. The monoisotopic (exact) mass is 384 g/mol. The molecule has 2 saturated heterocycles. The Kier molecular flexibility index (Phi) is 10.0. The molecule has 2 fully saturated rings. The minimum Gasteiger partial charge on any atom is -0.383 e. The van der Waals surface area contributed by atoms with Crippen LogP contribution in [0.4, 0.5) is 0 Å². The van der Waals surface area contributed by atoms with Gasteiger partial charge in [0, 0.05) is 38.3 Å². The van der Waals surface area contributed by atoms with E-state index in [-0.39, 0.29) is 0 Å². The van der Waals surface area contributed by atoms with Gasteiger partial charge in [-0.15, -0.1) is 0 Å². The van der Waals surface area contributed by atoms with E-state index >= 15 is 0 Å². The highest BCUT2D eigenvalue weighted by atomic mass is 16.5. The minimum absolute atomic E-state index is 0.313. The molecule has 2 aliphatic heterocycles. The fourth-order valence-corrected chi connectivity index (χ4v) is 4.71. The maximum absolute atomic E-state index is 6.29. The molecule has 0 aromatic rings. The summed E-state index contributed by atoms with van der Waals surface area (Å²) in [5.41, 5.74) is 0. The molecule has 0 saturated carbocycles. The first-order chi connectivity index (χ1) is 12.9. The average Bonchev–Trinajstić information content (AvgIpc) is 3.22. The van der Waals surface area contributed by atoms with Crippen LogP contribution in [0.5, 0.6) is 0 Å². The van der Waals surface area contributed by atoms with Crippen LogP contribution >= 0.6 is 0 Å².